The highest BCUT2D eigenvalue weighted by atomic mass is 16.7. The van der Waals surface area contributed by atoms with Crippen LogP contribution in [-0.2, 0) is 44.7 Å². The highest BCUT2D eigenvalue weighted by Gasteiger charge is 2.51. The molecule has 2 aliphatic rings. The molecule has 42 heavy (non-hydrogen) atoms. The van der Waals surface area contributed by atoms with Gasteiger partial charge in [0.15, 0.2) is 29.6 Å². The summed E-state index contributed by atoms with van der Waals surface area (Å²) in [6.07, 6.45) is 1.22. The third-order valence-corrected chi connectivity index (χ3v) is 7.50. The van der Waals surface area contributed by atoms with Crippen LogP contribution in [0.4, 0.5) is 0 Å². The summed E-state index contributed by atoms with van der Waals surface area (Å²) >= 11 is 0. The number of nitrogens with zero attached hydrogens (tertiary/aromatic N) is 4. The van der Waals surface area contributed by atoms with Crippen LogP contribution in [0.3, 0.4) is 0 Å². The molecule has 1 saturated carbocycles. The molecule has 3 aromatic rings. The number of carbonyl (C=O) groups excluding carboxylic acids is 3. The van der Waals surface area contributed by atoms with Gasteiger partial charge in [0, 0.05) is 33.4 Å². The van der Waals surface area contributed by atoms with Crippen molar-refractivity contribution in [2.45, 2.75) is 77.2 Å². The molecule has 0 unspecified atom stereocenters. The van der Waals surface area contributed by atoms with Crippen LogP contribution in [-0.4, -0.2) is 68.5 Å². The smallest absolute Gasteiger partial charge is 0.303 e. The average Bonchev–Trinajstić information content (AvgIpc) is 3.66. The molecule has 2 aromatic heterocycles. The Labute approximate surface area is 241 Å². The molecule has 1 aromatic carbocycles. The molecule has 0 N–H and O–H groups in total. The SMILES string of the molecule is CC(=O)OC[C@H]1O[C@@H](n2cnc3c(=O)n([C@H]4CC[C@@H](COCc5ccccc5)C4)cnc32)[C@H](OC(C)=O)[C@@H]1OC(C)=O. The van der Waals surface area contributed by atoms with Crippen LogP contribution in [0.1, 0.15) is 57.9 Å². The maximum atomic E-state index is 13.5. The summed E-state index contributed by atoms with van der Waals surface area (Å²) in [5, 5.41) is 0. The van der Waals surface area contributed by atoms with E-state index in [0.717, 1.165) is 24.8 Å². The van der Waals surface area contributed by atoms with Gasteiger partial charge in [0.05, 0.1) is 12.9 Å². The number of imidazole rings is 1. The number of fused-ring (bicyclic) bond motifs is 1. The van der Waals surface area contributed by atoms with Crippen molar-refractivity contribution in [1.29, 1.82) is 0 Å². The minimum Gasteiger partial charge on any atom is -0.463 e. The highest BCUT2D eigenvalue weighted by molar-refractivity contribution is 5.70. The van der Waals surface area contributed by atoms with Crippen molar-refractivity contribution < 1.29 is 38.1 Å². The molecule has 224 valence electrons. The van der Waals surface area contributed by atoms with Gasteiger partial charge >= 0.3 is 17.9 Å². The van der Waals surface area contributed by atoms with E-state index < -0.39 is 42.4 Å². The number of hydrogen-bond donors (Lipinski definition) is 0. The van der Waals surface area contributed by atoms with E-state index in [4.69, 9.17) is 23.7 Å². The normalized spacial score (nSPS) is 25.4. The Balaban J connectivity index is 1.34. The van der Waals surface area contributed by atoms with Crippen LogP contribution in [0, 0.1) is 5.92 Å². The van der Waals surface area contributed by atoms with Crippen LogP contribution in [0.2, 0.25) is 0 Å². The second-order valence-corrected chi connectivity index (χ2v) is 10.6. The summed E-state index contributed by atoms with van der Waals surface area (Å²) in [6, 6.07) is 9.95. The quantitative estimate of drug-likeness (QED) is 0.256. The standard InChI is InChI=1S/C29H34N4O9/c1-17(34)39-14-23-25(40-18(2)35)26(41-19(3)36)29(42-23)33-15-30-24-27(33)31-16-32(28(24)37)22-10-9-21(11-22)13-38-12-20-7-5-4-6-8-20/h4-8,15-16,21-23,25-26,29H,9-14H2,1-3H3/t21-,22+,23-,25-,26-,29-/m1/s1. The van der Waals surface area contributed by atoms with Crippen LogP contribution in [0.15, 0.2) is 47.8 Å². The fourth-order valence-electron chi connectivity index (χ4n) is 5.66. The fraction of sp³-hybridized carbons (Fsp3) is 0.517. The molecular formula is C29H34N4O9. The minimum absolute atomic E-state index is 0.0390. The Bertz CT molecular complexity index is 1490. The molecule has 0 bridgehead atoms. The van der Waals surface area contributed by atoms with Gasteiger partial charge in [0.2, 0.25) is 0 Å². The van der Waals surface area contributed by atoms with Gasteiger partial charge in [-0.15, -0.1) is 0 Å². The van der Waals surface area contributed by atoms with E-state index in [1.165, 1.54) is 38.0 Å². The number of hydrogen-bond acceptors (Lipinski definition) is 11. The van der Waals surface area contributed by atoms with Crippen molar-refractivity contribution in [3.63, 3.8) is 0 Å². The number of ether oxygens (including phenoxy) is 5. The van der Waals surface area contributed by atoms with Crippen molar-refractivity contribution in [2.75, 3.05) is 13.2 Å². The summed E-state index contributed by atoms with van der Waals surface area (Å²) in [7, 11) is 0. The van der Waals surface area contributed by atoms with Crippen molar-refractivity contribution in [3.05, 3.63) is 58.9 Å². The first-order valence-corrected chi connectivity index (χ1v) is 13.9. The van der Waals surface area contributed by atoms with Crippen molar-refractivity contribution in [1.82, 2.24) is 19.1 Å². The molecule has 1 saturated heterocycles. The first-order valence-electron chi connectivity index (χ1n) is 13.9. The van der Waals surface area contributed by atoms with Gasteiger partial charge in [-0.25, -0.2) is 9.97 Å². The van der Waals surface area contributed by atoms with Crippen LogP contribution < -0.4 is 5.56 Å². The lowest BCUT2D eigenvalue weighted by atomic mass is 10.1. The predicted octanol–water partition coefficient (Wildman–Crippen LogP) is 2.47. The Morgan fingerprint density at radius 1 is 0.905 bits per heavy atom. The minimum atomic E-state index is -1.11. The first kappa shape index (κ1) is 29.4. The second kappa shape index (κ2) is 12.8. The van der Waals surface area contributed by atoms with Gasteiger partial charge in [-0.2, -0.15) is 0 Å². The van der Waals surface area contributed by atoms with Gasteiger partial charge in [-0.3, -0.25) is 28.3 Å². The Hall–Kier alpha value is -4.10. The molecule has 0 spiro atoms. The van der Waals surface area contributed by atoms with Gasteiger partial charge in [-0.05, 0) is 30.7 Å². The zero-order valence-electron chi connectivity index (χ0n) is 23.7. The first-order chi connectivity index (χ1) is 20.2. The van der Waals surface area contributed by atoms with E-state index in [-0.39, 0.29) is 29.4 Å². The Morgan fingerprint density at radius 3 is 2.33 bits per heavy atom. The van der Waals surface area contributed by atoms with Crippen molar-refractivity contribution in [2.24, 2.45) is 5.92 Å². The second-order valence-electron chi connectivity index (χ2n) is 10.6. The topological polar surface area (TPSA) is 150 Å². The number of aromatic nitrogens is 4. The number of rotatable bonds is 10. The molecule has 0 amide bonds. The van der Waals surface area contributed by atoms with E-state index in [1.807, 2.05) is 30.3 Å². The summed E-state index contributed by atoms with van der Waals surface area (Å²) in [5.41, 5.74) is 1.16. The van der Waals surface area contributed by atoms with E-state index >= 15 is 0 Å². The average molecular weight is 583 g/mol. The maximum Gasteiger partial charge on any atom is 0.303 e. The third kappa shape index (κ3) is 6.52. The molecule has 2 fully saturated rings. The predicted molar refractivity (Wildman–Crippen MR) is 146 cm³/mol. The molecule has 13 nitrogen and oxygen atoms in total. The monoisotopic (exact) mass is 582 g/mol. The molecule has 0 radical (unpaired) electrons. The highest BCUT2D eigenvalue weighted by Crippen LogP contribution is 2.37. The van der Waals surface area contributed by atoms with Crippen molar-refractivity contribution >= 4 is 29.1 Å². The summed E-state index contributed by atoms with van der Waals surface area (Å²) in [5.74, 6) is -1.50. The fourth-order valence-corrected chi connectivity index (χ4v) is 5.66. The molecule has 5 rings (SSSR count). The zero-order valence-corrected chi connectivity index (χ0v) is 23.7. The van der Waals surface area contributed by atoms with Gasteiger partial charge in [0.25, 0.3) is 5.56 Å². The number of carbonyl (C=O) groups is 3. The molecule has 6 atom stereocenters. The van der Waals surface area contributed by atoms with E-state index in [1.54, 1.807) is 4.57 Å². The zero-order chi connectivity index (χ0) is 29.8. The van der Waals surface area contributed by atoms with Crippen LogP contribution in [0.5, 0.6) is 0 Å². The molecule has 13 heteroatoms. The van der Waals surface area contributed by atoms with Gasteiger partial charge < -0.3 is 23.7 Å². The van der Waals surface area contributed by atoms with E-state index in [0.29, 0.717) is 19.1 Å². The maximum absolute atomic E-state index is 13.5. The largest absolute Gasteiger partial charge is 0.463 e. The number of esters is 3. The molecular weight excluding hydrogens is 548 g/mol. The summed E-state index contributed by atoms with van der Waals surface area (Å²) in [4.78, 5) is 57.7. The van der Waals surface area contributed by atoms with Gasteiger partial charge in [-0.1, -0.05) is 30.3 Å². The lowest BCUT2D eigenvalue weighted by molar-refractivity contribution is -0.166. The number of benzene rings is 1. The molecule has 1 aliphatic carbocycles. The van der Waals surface area contributed by atoms with Crippen molar-refractivity contribution in [3.8, 4) is 0 Å². The Morgan fingerprint density at radius 2 is 1.62 bits per heavy atom. The van der Waals surface area contributed by atoms with E-state index in [9.17, 15) is 19.2 Å². The van der Waals surface area contributed by atoms with Crippen LogP contribution in [0.25, 0.3) is 11.2 Å². The molecule has 3 heterocycles. The third-order valence-electron chi connectivity index (χ3n) is 7.50. The lowest BCUT2D eigenvalue weighted by Gasteiger charge is -2.23. The Kier molecular flexibility index (Phi) is 8.97. The van der Waals surface area contributed by atoms with E-state index in [2.05, 4.69) is 9.97 Å². The van der Waals surface area contributed by atoms with Crippen LogP contribution >= 0.6 is 0 Å². The summed E-state index contributed by atoms with van der Waals surface area (Å²) in [6.45, 7) is 4.57. The lowest BCUT2D eigenvalue weighted by Crippen LogP contribution is -2.40. The molecule has 1 aliphatic heterocycles. The van der Waals surface area contributed by atoms with Gasteiger partial charge in [0.1, 0.15) is 19.0 Å². The summed E-state index contributed by atoms with van der Waals surface area (Å²) < 4.78 is 31.1.